The summed E-state index contributed by atoms with van der Waals surface area (Å²) in [5.41, 5.74) is 1.12. The molecule has 0 saturated carbocycles. The van der Waals surface area contributed by atoms with Gasteiger partial charge in [0.2, 0.25) is 0 Å². The van der Waals surface area contributed by atoms with E-state index in [9.17, 15) is 9.59 Å². The number of nitrogens with zero attached hydrogens (tertiary/aromatic N) is 2. The van der Waals surface area contributed by atoms with Crippen LogP contribution in [0.4, 0.5) is 11.6 Å². The van der Waals surface area contributed by atoms with Gasteiger partial charge in [-0.2, -0.15) is 0 Å². The number of rotatable bonds is 4. The van der Waals surface area contributed by atoms with Crippen LogP contribution in [-0.2, 0) is 9.59 Å². The maximum absolute atomic E-state index is 11.9. The van der Waals surface area contributed by atoms with E-state index in [4.69, 9.17) is 19.5 Å². The number of hydrogen-bond acceptors (Lipinski definition) is 8. The van der Waals surface area contributed by atoms with Crippen molar-refractivity contribution < 1.29 is 29.1 Å². The van der Waals surface area contributed by atoms with Crippen molar-refractivity contribution in [3.05, 3.63) is 112 Å². The molecule has 2 aliphatic rings. The molecule has 10 nitrogen and oxygen atoms in total. The molecule has 4 heterocycles. The molecule has 236 valence electrons. The average molecular weight is 685 g/mol. The summed E-state index contributed by atoms with van der Waals surface area (Å²) in [6, 6.07) is 26.7. The van der Waals surface area contributed by atoms with Crippen LogP contribution < -0.4 is 20.1 Å². The first-order valence-corrected chi connectivity index (χ1v) is 15.1. The molecule has 12 heteroatoms. The molecule has 0 aliphatic carbocycles. The minimum absolute atomic E-state index is 0.185. The van der Waals surface area contributed by atoms with Crippen LogP contribution in [0.5, 0.6) is 11.5 Å². The van der Waals surface area contributed by atoms with Crippen LogP contribution in [0, 0.1) is 0 Å². The fourth-order valence-electron chi connectivity index (χ4n) is 3.99. The molecule has 2 aromatic heterocycles. The number of carbonyl (C=O) groups excluding carboxylic acids is 2. The van der Waals surface area contributed by atoms with Crippen molar-refractivity contribution >= 4 is 64.7 Å². The van der Waals surface area contributed by atoms with Crippen molar-refractivity contribution in [3.8, 4) is 11.5 Å². The molecule has 6 rings (SSSR count). The number of ether oxygens (including phenoxy) is 2. The smallest absolute Gasteiger partial charge is 0.474 e. The molecule has 2 aromatic carbocycles. The SMILES string of the molecule is CC1(C)Oc2ccc(/C=C/c3ccccc3)nc2NC1=O.CC1(C)Oc2ccc(Br)nc2NC1=O.OB(O)/C=C/c1ccccc1. The van der Waals surface area contributed by atoms with Crippen LogP contribution in [0.25, 0.3) is 18.2 Å². The number of fused-ring (bicyclic) bond motifs is 2. The number of amides is 2. The van der Waals surface area contributed by atoms with E-state index in [0.717, 1.165) is 16.8 Å². The number of halogens is 1. The first-order valence-electron chi connectivity index (χ1n) is 14.3. The maximum Gasteiger partial charge on any atom is 0.480 e. The van der Waals surface area contributed by atoms with Crippen molar-refractivity contribution in [2.24, 2.45) is 0 Å². The molecule has 4 N–H and O–H groups in total. The first kappa shape index (κ1) is 34.1. The summed E-state index contributed by atoms with van der Waals surface area (Å²) >= 11 is 3.22. The number of benzene rings is 2. The lowest BCUT2D eigenvalue weighted by Crippen LogP contribution is -2.46. The van der Waals surface area contributed by atoms with E-state index in [1.165, 1.54) is 5.98 Å². The Hall–Kier alpha value is -4.78. The predicted molar refractivity (Wildman–Crippen MR) is 184 cm³/mol. The number of pyridine rings is 2. The van der Waals surface area contributed by atoms with E-state index in [0.29, 0.717) is 27.7 Å². The van der Waals surface area contributed by atoms with Gasteiger partial charge >= 0.3 is 7.12 Å². The summed E-state index contributed by atoms with van der Waals surface area (Å²) < 4.78 is 11.8. The predicted octanol–water partition coefficient (Wildman–Crippen LogP) is 6.03. The summed E-state index contributed by atoms with van der Waals surface area (Å²) in [6.07, 6.45) is 5.54. The third-order valence-electron chi connectivity index (χ3n) is 6.50. The third kappa shape index (κ3) is 9.61. The van der Waals surface area contributed by atoms with Gasteiger partial charge in [-0.3, -0.25) is 9.59 Å². The van der Waals surface area contributed by atoms with Gasteiger partial charge in [0, 0.05) is 0 Å². The van der Waals surface area contributed by atoms with Crippen LogP contribution in [0.2, 0.25) is 0 Å². The normalized spacial score (nSPS) is 15.4. The fraction of sp³-hybridized carbons (Fsp3) is 0.176. The van der Waals surface area contributed by atoms with Gasteiger partial charge in [-0.25, -0.2) is 9.97 Å². The Morgan fingerprint density at radius 1 is 0.674 bits per heavy atom. The van der Waals surface area contributed by atoms with Gasteiger partial charge in [-0.15, -0.1) is 0 Å². The van der Waals surface area contributed by atoms with Gasteiger partial charge in [0.1, 0.15) is 4.60 Å². The molecule has 4 aromatic rings. The van der Waals surface area contributed by atoms with E-state index < -0.39 is 18.3 Å². The topological polar surface area (TPSA) is 143 Å². The highest BCUT2D eigenvalue weighted by Gasteiger charge is 2.37. The van der Waals surface area contributed by atoms with E-state index in [1.807, 2.05) is 84.9 Å². The van der Waals surface area contributed by atoms with Crippen LogP contribution in [0.1, 0.15) is 44.5 Å². The lowest BCUT2D eigenvalue weighted by atomic mass is 9.91. The molecule has 2 amide bonds. The van der Waals surface area contributed by atoms with Crippen LogP contribution in [0.15, 0.2) is 95.5 Å². The number of nitrogens with one attached hydrogen (secondary N) is 2. The third-order valence-corrected chi connectivity index (χ3v) is 6.94. The Morgan fingerprint density at radius 2 is 1.15 bits per heavy atom. The Balaban J connectivity index is 0.000000167. The zero-order valence-corrected chi connectivity index (χ0v) is 27.4. The number of anilines is 2. The van der Waals surface area contributed by atoms with Crippen LogP contribution in [-0.4, -0.2) is 50.2 Å². The second-order valence-electron chi connectivity index (χ2n) is 11.1. The Morgan fingerprint density at radius 3 is 1.67 bits per heavy atom. The number of carbonyl (C=O) groups is 2. The quantitative estimate of drug-likeness (QED) is 0.151. The summed E-state index contributed by atoms with van der Waals surface area (Å²) in [5, 5.41) is 22.4. The summed E-state index contributed by atoms with van der Waals surface area (Å²) in [4.78, 5) is 31.9. The van der Waals surface area contributed by atoms with E-state index in [-0.39, 0.29) is 11.8 Å². The fourth-order valence-corrected chi connectivity index (χ4v) is 4.30. The molecule has 0 spiro atoms. The standard InChI is InChI=1S/C17H16N2O2.C9H9BrN2O2.C8H9BO2/c1-17(2)16(20)19-15-14(21-17)11-10-13(18-15)9-8-12-6-4-3-5-7-12;1-9(2)8(13)12-7-5(14-9)3-4-6(10)11-7;10-9(11)7-6-8-4-2-1-3-5-8/h3-11H,1-2H3,(H,18,19,20);3-4H,1-2H3,(H,11,12,13);1-7,10-11H/b9-8+;;7-6+. The highest BCUT2D eigenvalue weighted by molar-refractivity contribution is 9.10. The molecule has 0 fully saturated rings. The molecule has 0 saturated heterocycles. The zero-order valence-electron chi connectivity index (χ0n) is 25.8. The average Bonchev–Trinajstić information content (AvgIpc) is 3.02. The lowest BCUT2D eigenvalue weighted by Gasteiger charge is -2.30. The molecule has 46 heavy (non-hydrogen) atoms. The monoisotopic (exact) mass is 684 g/mol. The van der Waals surface area contributed by atoms with Crippen molar-refractivity contribution in [2.45, 2.75) is 38.9 Å². The molecular weight excluding hydrogens is 651 g/mol. The maximum atomic E-state index is 11.9. The van der Waals surface area contributed by atoms with Gasteiger partial charge in [0.05, 0.1) is 5.69 Å². The second kappa shape index (κ2) is 15.0. The van der Waals surface area contributed by atoms with Crippen LogP contribution in [0.3, 0.4) is 0 Å². The molecule has 2 aliphatic heterocycles. The van der Waals surface area contributed by atoms with Gasteiger partial charge in [0.15, 0.2) is 34.3 Å². The number of hydrogen-bond donors (Lipinski definition) is 4. The summed E-state index contributed by atoms with van der Waals surface area (Å²) in [5.74, 6) is 3.06. The molecule has 0 unspecified atom stereocenters. The van der Waals surface area contributed by atoms with Gasteiger partial charge in [-0.1, -0.05) is 78.8 Å². The van der Waals surface area contributed by atoms with Crippen molar-refractivity contribution in [1.82, 2.24) is 9.97 Å². The minimum atomic E-state index is -1.37. The first-order chi connectivity index (χ1) is 21.8. The van der Waals surface area contributed by atoms with Crippen molar-refractivity contribution in [2.75, 3.05) is 10.6 Å². The second-order valence-corrected chi connectivity index (χ2v) is 11.9. The van der Waals surface area contributed by atoms with Gasteiger partial charge in [0.25, 0.3) is 11.8 Å². The molecule has 0 radical (unpaired) electrons. The highest BCUT2D eigenvalue weighted by Crippen LogP contribution is 2.33. The summed E-state index contributed by atoms with van der Waals surface area (Å²) in [6.45, 7) is 6.89. The molecule has 0 bridgehead atoms. The molecular formula is C34H34BBrN4O6. The minimum Gasteiger partial charge on any atom is -0.474 e. The Bertz CT molecular complexity index is 1730. The summed E-state index contributed by atoms with van der Waals surface area (Å²) in [7, 11) is -1.37. The Labute approximate surface area is 276 Å². The van der Waals surface area contributed by atoms with Gasteiger partial charge in [-0.05, 0) is 85.1 Å². The van der Waals surface area contributed by atoms with E-state index >= 15 is 0 Å². The van der Waals surface area contributed by atoms with Gasteiger partial charge < -0.3 is 30.2 Å². The van der Waals surface area contributed by atoms with E-state index in [2.05, 4.69) is 36.5 Å². The lowest BCUT2D eigenvalue weighted by molar-refractivity contribution is -0.130. The van der Waals surface area contributed by atoms with Crippen molar-refractivity contribution in [3.63, 3.8) is 0 Å². The highest BCUT2D eigenvalue weighted by atomic mass is 79.9. The Kier molecular flexibility index (Phi) is 11.1. The molecule has 0 atom stereocenters. The van der Waals surface area contributed by atoms with Crippen molar-refractivity contribution in [1.29, 1.82) is 0 Å². The largest absolute Gasteiger partial charge is 0.480 e. The number of aromatic nitrogens is 2. The van der Waals surface area contributed by atoms with E-state index in [1.54, 1.807) is 45.9 Å². The zero-order chi connectivity index (χ0) is 33.3. The van der Waals surface area contributed by atoms with Crippen LogP contribution >= 0.6 is 15.9 Å².